The van der Waals surface area contributed by atoms with Crippen molar-refractivity contribution >= 4 is 34.2 Å². The van der Waals surface area contributed by atoms with Crippen molar-refractivity contribution in [3.05, 3.63) is 67.5 Å². The molecule has 0 radical (unpaired) electrons. The Kier molecular flexibility index (Phi) is 6.02. The highest BCUT2D eigenvalue weighted by atomic mass is 127. The van der Waals surface area contributed by atoms with Crippen LogP contribution in [0.15, 0.2) is 36.4 Å². The first-order chi connectivity index (χ1) is 10.0. The van der Waals surface area contributed by atoms with Crippen molar-refractivity contribution in [3.8, 4) is 0 Å². The van der Waals surface area contributed by atoms with Crippen LogP contribution in [0.3, 0.4) is 0 Å². The molecule has 4 heteroatoms. The molecule has 1 unspecified atom stereocenters. The Hall–Kier alpha value is -0.650. The highest BCUT2D eigenvalue weighted by Crippen LogP contribution is 2.28. The third-order valence-corrected chi connectivity index (χ3v) is 5.31. The minimum Gasteiger partial charge on any atom is -0.310 e. The second-order valence-electron chi connectivity index (χ2n) is 5.03. The number of benzene rings is 2. The summed E-state index contributed by atoms with van der Waals surface area (Å²) in [4.78, 5) is 0. The van der Waals surface area contributed by atoms with Crippen LogP contribution in [-0.2, 0) is 6.42 Å². The van der Waals surface area contributed by atoms with E-state index < -0.39 is 0 Å². The van der Waals surface area contributed by atoms with Gasteiger partial charge in [-0.3, -0.25) is 0 Å². The van der Waals surface area contributed by atoms with Gasteiger partial charge in [0.2, 0.25) is 0 Å². The van der Waals surface area contributed by atoms with Crippen LogP contribution in [0, 0.1) is 16.3 Å². The topological polar surface area (TPSA) is 12.0 Å². The summed E-state index contributed by atoms with van der Waals surface area (Å²) in [5.41, 5.74) is 3.49. The van der Waals surface area contributed by atoms with Gasteiger partial charge in [0, 0.05) is 14.6 Å². The van der Waals surface area contributed by atoms with E-state index in [4.69, 9.17) is 11.6 Å². The molecule has 1 N–H and O–H groups in total. The number of rotatable bonds is 5. The standard InChI is InChI=1S/C17H18ClFIN/c1-3-21-16(14-6-4-5-11(2)17(14)20)9-12-7-8-13(19)10-15(12)18/h4-8,10,16,21H,3,9H2,1-2H3. The molecule has 0 aliphatic carbocycles. The maximum absolute atomic E-state index is 13.2. The van der Waals surface area contributed by atoms with Gasteiger partial charge in [-0.15, -0.1) is 0 Å². The quantitative estimate of drug-likeness (QED) is 0.652. The number of likely N-dealkylation sites (N-methyl/N-ethyl adjacent to an activating group) is 1. The highest BCUT2D eigenvalue weighted by molar-refractivity contribution is 14.1. The molecule has 2 aromatic rings. The Morgan fingerprint density at radius 2 is 2.05 bits per heavy atom. The van der Waals surface area contributed by atoms with Crippen molar-refractivity contribution in [2.45, 2.75) is 26.3 Å². The number of hydrogen-bond donors (Lipinski definition) is 1. The van der Waals surface area contributed by atoms with Gasteiger partial charge in [0.25, 0.3) is 0 Å². The van der Waals surface area contributed by atoms with Crippen LogP contribution < -0.4 is 5.32 Å². The summed E-state index contributed by atoms with van der Waals surface area (Å²) in [5.74, 6) is -0.297. The van der Waals surface area contributed by atoms with Crippen molar-refractivity contribution in [2.75, 3.05) is 6.54 Å². The molecule has 1 nitrogen and oxygen atoms in total. The maximum atomic E-state index is 13.2. The molecular weight excluding hydrogens is 400 g/mol. The van der Waals surface area contributed by atoms with Crippen LogP contribution in [-0.4, -0.2) is 6.54 Å². The van der Waals surface area contributed by atoms with E-state index in [0.29, 0.717) is 5.02 Å². The normalized spacial score (nSPS) is 12.4. The Morgan fingerprint density at radius 3 is 2.71 bits per heavy atom. The number of aryl methyl sites for hydroxylation is 1. The third kappa shape index (κ3) is 4.18. The molecule has 0 spiro atoms. The van der Waals surface area contributed by atoms with Crippen molar-refractivity contribution in [1.82, 2.24) is 5.32 Å². The van der Waals surface area contributed by atoms with Crippen molar-refractivity contribution < 1.29 is 4.39 Å². The molecule has 0 aromatic heterocycles. The van der Waals surface area contributed by atoms with Gasteiger partial charge in [-0.1, -0.05) is 42.8 Å². The Morgan fingerprint density at radius 1 is 1.29 bits per heavy atom. The number of halogens is 3. The first kappa shape index (κ1) is 16.7. The lowest BCUT2D eigenvalue weighted by Gasteiger charge is -2.21. The lowest BCUT2D eigenvalue weighted by molar-refractivity contribution is 0.546. The van der Waals surface area contributed by atoms with Crippen LogP contribution in [0.2, 0.25) is 5.02 Å². The SMILES string of the molecule is CCNC(Cc1ccc(F)cc1Cl)c1cccc(C)c1I. The monoisotopic (exact) mass is 417 g/mol. The summed E-state index contributed by atoms with van der Waals surface area (Å²) < 4.78 is 14.4. The van der Waals surface area contributed by atoms with Gasteiger partial charge in [-0.25, -0.2) is 4.39 Å². The van der Waals surface area contributed by atoms with E-state index in [2.05, 4.69) is 60.0 Å². The van der Waals surface area contributed by atoms with Gasteiger partial charge < -0.3 is 5.32 Å². The molecule has 2 aromatic carbocycles. The molecule has 21 heavy (non-hydrogen) atoms. The molecular formula is C17H18ClFIN. The highest BCUT2D eigenvalue weighted by Gasteiger charge is 2.16. The fourth-order valence-corrected chi connectivity index (χ4v) is 3.36. The Balaban J connectivity index is 2.33. The largest absolute Gasteiger partial charge is 0.310 e. The van der Waals surface area contributed by atoms with Crippen LogP contribution in [0.25, 0.3) is 0 Å². The fraction of sp³-hybridized carbons (Fsp3) is 0.294. The van der Waals surface area contributed by atoms with Crippen LogP contribution in [0.4, 0.5) is 4.39 Å². The van der Waals surface area contributed by atoms with E-state index in [0.717, 1.165) is 18.5 Å². The van der Waals surface area contributed by atoms with Crippen LogP contribution >= 0.6 is 34.2 Å². The van der Waals surface area contributed by atoms with Gasteiger partial charge in [-0.05, 0) is 71.3 Å². The predicted molar refractivity (Wildman–Crippen MR) is 95.4 cm³/mol. The average molecular weight is 418 g/mol. The van der Waals surface area contributed by atoms with Gasteiger partial charge in [0.1, 0.15) is 5.82 Å². The van der Waals surface area contributed by atoms with E-state index >= 15 is 0 Å². The summed E-state index contributed by atoms with van der Waals surface area (Å²) in [6, 6.07) is 11.1. The fourth-order valence-electron chi connectivity index (χ4n) is 2.38. The van der Waals surface area contributed by atoms with Crippen LogP contribution in [0.5, 0.6) is 0 Å². The first-order valence-corrected chi connectivity index (χ1v) is 8.41. The maximum Gasteiger partial charge on any atom is 0.124 e. The zero-order valence-corrected chi connectivity index (χ0v) is 15.0. The van der Waals surface area contributed by atoms with E-state index in [1.54, 1.807) is 6.07 Å². The van der Waals surface area contributed by atoms with Gasteiger partial charge in [-0.2, -0.15) is 0 Å². The molecule has 0 heterocycles. The Labute approximate surface area is 144 Å². The van der Waals surface area contributed by atoms with E-state index in [1.807, 2.05) is 0 Å². The first-order valence-electron chi connectivity index (χ1n) is 6.95. The molecule has 0 saturated carbocycles. The summed E-state index contributed by atoms with van der Waals surface area (Å²) in [6.45, 7) is 5.06. The molecule has 0 aliphatic rings. The minimum absolute atomic E-state index is 0.171. The molecule has 1 atom stereocenters. The van der Waals surface area contributed by atoms with E-state index in [9.17, 15) is 4.39 Å². The minimum atomic E-state index is -0.297. The summed E-state index contributed by atoms with van der Waals surface area (Å²) in [6.07, 6.45) is 0.742. The molecule has 112 valence electrons. The lowest BCUT2D eigenvalue weighted by Crippen LogP contribution is -2.24. The average Bonchev–Trinajstić information content (AvgIpc) is 2.44. The van der Waals surface area contributed by atoms with Crippen molar-refractivity contribution in [3.63, 3.8) is 0 Å². The summed E-state index contributed by atoms with van der Waals surface area (Å²) in [5, 5.41) is 3.99. The molecule has 0 amide bonds. The van der Waals surface area contributed by atoms with Gasteiger partial charge in [0.15, 0.2) is 0 Å². The second kappa shape index (κ2) is 7.56. The predicted octanol–water partition coefficient (Wildman–Crippen LogP) is 5.29. The molecule has 2 rings (SSSR count). The van der Waals surface area contributed by atoms with E-state index in [1.165, 1.54) is 26.8 Å². The Bertz CT molecular complexity index is 630. The van der Waals surface area contributed by atoms with Crippen molar-refractivity contribution in [2.24, 2.45) is 0 Å². The summed E-state index contributed by atoms with van der Waals surface area (Å²) in [7, 11) is 0. The lowest BCUT2D eigenvalue weighted by atomic mass is 9.97. The zero-order valence-electron chi connectivity index (χ0n) is 12.1. The third-order valence-electron chi connectivity index (χ3n) is 3.49. The van der Waals surface area contributed by atoms with Crippen LogP contribution in [0.1, 0.15) is 29.7 Å². The van der Waals surface area contributed by atoms with Crippen molar-refractivity contribution in [1.29, 1.82) is 0 Å². The molecule has 0 aliphatic heterocycles. The van der Waals surface area contributed by atoms with Gasteiger partial charge >= 0.3 is 0 Å². The number of nitrogens with one attached hydrogen (secondary N) is 1. The smallest absolute Gasteiger partial charge is 0.124 e. The van der Waals surface area contributed by atoms with Gasteiger partial charge in [0.05, 0.1) is 0 Å². The zero-order chi connectivity index (χ0) is 15.4. The summed E-state index contributed by atoms with van der Waals surface area (Å²) >= 11 is 8.55. The number of hydrogen-bond acceptors (Lipinski definition) is 1. The second-order valence-corrected chi connectivity index (χ2v) is 6.51. The molecule has 0 bridgehead atoms. The molecule has 0 fully saturated rings. The van der Waals surface area contributed by atoms with E-state index in [-0.39, 0.29) is 11.9 Å². The molecule has 0 saturated heterocycles.